The Morgan fingerprint density at radius 3 is 2.64 bits per heavy atom. The predicted octanol–water partition coefficient (Wildman–Crippen LogP) is 3.01. The Labute approximate surface area is 77.4 Å². The first-order chi connectivity index (χ1) is 5.43. The Bertz CT molecular complexity index is 126. The minimum absolute atomic E-state index is 1.04. The quantitative estimate of drug-likeness (QED) is 0.630. The second-order valence-corrected chi connectivity index (χ2v) is 4.98. The molecule has 0 saturated carbocycles. The molecule has 0 bridgehead atoms. The Hall–Kier alpha value is 0.370. The van der Waals surface area contributed by atoms with Crippen molar-refractivity contribution in [3.63, 3.8) is 0 Å². The molecule has 0 atom stereocenters. The number of rotatable bonds is 4. The Kier molecular flexibility index (Phi) is 5.12. The molecule has 64 valence electrons. The zero-order valence-corrected chi connectivity index (χ0v) is 8.64. The monoisotopic (exact) mass is 189 g/mol. The van der Waals surface area contributed by atoms with E-state index < -0.39 is 0 Å². The van der Waals surface area contributed by atoms with Crippen LogP contribution in [0, 0.1) is 0 Å². The largest absolute Gasteiger partial charge is 0.272 e. The summed E-state index contributed by atoms with van der Waals surface area (Å²) in [6, 6.07) is 0. The third-order valence-electron chi connectivity index (χ3n) is 1.54. The fraction of sp³-hybridized carbons (Fsp3) is 0.875. The zero-order chi connectivity index (χ0) is 7.94. The van der Waals surface area contributed by atoms with Crippen LogP contribution in [-0.2, 0) is 0 Å². The topological polar surface area (TPSA) is 12.4 Å². The van der Waals surface area contributed by atoms with Gasteiger partial charge in [-0.15, -0.1) is 0 Å². The van der Waals surface area contributed by atoms with Crippen LogP contribution in [0.5, 0.6) is 0 Å². The van der Waals surface area contributed by atoms with E-state index >= 15 is 0 Å². The molecule has 0 aliphatic carbocycles. The van der Waals surface area contributed by atoms with Gasteiger partial charge in [-0.1, -0.05) is 43.3 Å². The van der Waals surface area contributed by atoms with Crippen LogP contribution >= 0.6 is 23.5 Å². The molecule has 1 saturated heterocycles. The van der Waals surface area contributed by atoms with Gasteiger partial charge < -0.3 is 0 Å². The maximum atomic E-state index is 4.50. The van der Waals surface area contributed by atoms with Crippen LogP contribution in [-0.4, -0.2) is 22.4 Å². The highest BCUT2D eigenvalue weighted by Gasteiger charge is 2.07. The van der Waals surface area contributed by atoms with Crippen molar-refractivity contribution in [3.05, 3.63) is 0 Å². The fourth-order valence-corrected chi connectivity index (χ4v) is 3.14. The highest BCUT2D eigenvalue weighted by Crippen LogP contribution is 2.25. The Morgan fingerprint density at radius 2 is 2.00 bits per heavy atom. The predicted molar refractivity (Wildman–Crippen MR) is 56.7 cm³/mol. The molecular weight excluding hydrogens is 174 g/mol. The summed E-state index contributed by atoms with van der Waals surface area (Å²) in [5, 5.41) is 0. The summed E-state index contributed by atoms with van der Waals surface area (Å²) >= 11 is 3.83. The molecule has 0 aromatic rings. The van der Waals surface area contributed by atoms with Crippen molar-refractivity contribution >= 4 is 27.9 Å². The van der Waals surface area contributed by atoms with Crippen LogP contribution in [0.1, 0.15) is 26.2 Å². The van der Waals surface area contributed by atoms with Gasteiger partial charge in [0.15, 0.2) is 0 Å². The summed E-state index contributed by atoms with van der Waals surface area (Å²) in [5.41, 5.74) is 0. The van der Waals surface area contributed by atoms with E-state index in [0.717, 1.165) is 6.54 Å². The minimum atomic E-state index is 1.04. The molecule has 1 fully saturated rings. The first-order valence-corrected chi connectivity index (χ1v) is 6.20. The maximum absolute atomic E-state index is 4.50. The van der Waals surface area contributed by atoms with Crippen molar-refractivity contribution in [1.29, 1.82) is 0 Å². The van der Waals surface area contributed by atoms with Crippen molar-refractivity contribution in [2.45, 2.75) is 26.2 Å². The highest BCUT2D eigenvalue weighted by atomic mass is 32.2. The molecule has 0 radical (unpaired) electrons. The molecule has 0 unspecified atom stereocenters. The van der Waals surface area contributed by atoms with Crippen LogP contribution in [0.25, 0.3) is 0 Å². The molecule has 0 N–H and O–H groups in total. The second kappa shape index (κ2) is 5.95. The molecule has 11 heavy (non-hydrogen) atoms. The molecule has 1 rings (SSSR count). The first-order valence-electron chi connectivity index (χ1n) is 4.23. The first kappa shape index (κ1) is 9.46. The smallest absolute Gasteiger partial charge is 0.124 e. The van der Waals surface area contributed by atoms with Crippen LogP contribution in [0.4, 0.5) is 0 Å². The van der Waals surface area contributed by atoms with Crippen LogP contribution in [0.15, 0.2) is 4.99 Å². The summed E-state index contributed by atoms with van der Waals surface area (Å²) in [5.74, 6) is 2.52. The highest BCUT2D eigenvalue weighted by molar-refractivity contribution is 8.41. The van der Waals surface area contributed by atoms with Crippen molar-refractivity contribution in [2.75, 3.05) is 18.1 Å². The number of hydrogen-bond donors (Lipinski definition) is 0. The van der Waals surface area contributed by atoms with Gasteiger partial charge in [-0.3, -0.25) is 4.99 Å². The van der Waals surface area contributed by atoms with Gasteiger partial charge in [0.1, 0.15) is 4.38 Å². The molecule has 0 amide bonds. The lowest BCUT2D eigenvalue weighted by Crippen LogP contribution is -1.84. The van der Waals surface area contributed by atoms with E-state index in [0.29, 0.717) is 0 Å². The number of nitrogens with zero attached hydrogens (tertiary/aromatic N) is 1. The average Bonchev–Trinajstić information content (AvgIpc) is 2.50. The standard InChI is InChI=1S/C8H15NS2/c1-2-3-4-5-9-8-10-6-7-11-8/h2-7H2,1H3. The minimum Gasteiger partial charge on any atom is -0.272 e. The van der Waals surface area contributed by atoms with Crippen LogP contribution in [0.2, 0.25) is 0 Å². The maximum Gasteiger partial charge on any atom is 0.124 e. The van der Waals surface area contributed by atoms with E-state index in [1.807, 2.05) is 23.5 Å². The van der Waals surface area contributed by atoms with Gasteiger partial charge >= 0.3 is 0 Å². The van der Waals surface area contributed by atoms with Gasteiger partial charge in [0.05, 0.1) is 0 Å². The number of unbranched alkanes of at least 4 members (excludes halogenated alkanes) is 2. The van der Waals surface area contributed by atoms with E-state index in [4.69, 9.17) is 0 Å². The molecule has 0 aromatic carbocycles. The van der Waals surface area contributed by atoms with Crippen molar-refractivity contribution in [2.24, 2.45) is 4.99 Å². The molecule has 1 aliphatic rings. The lowest BCUT2D eigenvalue weighted by molar-refractivity contribution is 0.729. The van der Waals surface area contributed by atoms with Gasteiger partial charge in [-0.2, -0.15) is 0 Å². The van der Waals surface area contributed by atoms with Crippen molar-refractivity contribution in [3.8, 4) is 0 Å². The van der Waals surface area contributed by atoms with Gasteiger partial charge in [0, 0.05) is 18.1 Å². The van der Waals surface area contributed by atoms with Gasteiger partial charge in [0.25, 0.3) is 0 Å². The lowest BCUT2D eigenvalue weighted by atomic mass is 10.3. The van der Waals surface area contributed by atoms with Gasteiger partial charge in [-0.05, 0) is 6.42 Å². The molecule has 1 heterocycles. The molecule has 0 aromatic heterocycles. The summed E-state index contributed by atoms with van der Waals surface area (Å²) in [6.07, 6.45) is 3.89. The number of thioether (sulfide) groups is 2. The Morgan fingerprint density at radius 1 is 1.27 bits per heavy atom. The summed E-state index contributed by atoms with van der Waals surface area (Å²) in [4.78, 5) is 4.50. The van der Waals surface area contributed by atoms with Crippen molar-refractivity contribution in [1.82, 2.24) is 0 Å². The van der Waals surface area contributed by atoms with Crippen molar-refractivity contribution < 1.29 is 0 Å². The third-order valence-corrected chi connectivity index (χ3v) is 4.07. The Balaban J connectivity index is 2.03. The number of aliphatic imine (C=N–C) groups is 1. The van der Waals surface area contributed by atoms with E-state index in [2.05, 4.69) is 11.9 Å². The fourth-order valence-electron chi connectivity index (χ4n) is 0.923. The van der Waals surface area contributed by atoms with Crippen LogP contribution < -0.4 is 0 Å². The van der Waals surface area contributed by atoms with Gasteiger partial charge in [0.2, 0.25) is 0 Å². The van der Waals surface area contributed by atoms with Gasteiger partial charge in [-0.25, -0.2) is 0 Å². The van der Waals surface area contributed by atoms with E-state index in [1.165, 1.54) is 35.1 Å². The molecule has 0 spiro atoms. The second-order valence-electron chi connectivity index (χ2n) is 2.55. The molecular formula is C8H15NS2. The summed E-state index contributed by atoms with van der Waals surface area (Å²) in [6.45, 7) is 3.27. The summed E-state index contributed by atoms with van der Waals surface area (Å²) in [7, 11) is 0. The van der Waals surface area contributed by atoms with E-state index in [-0.39, 0.29) is 0 Å². The van der Waals surface area contributed by atoms with E-state index in [1.54, 1.807) is 0 Å². The molecule has 1 nitrogen and oxygen atoms in total. The lowest BCUT2D eigenvalue weighted by Gasteiger charge is -1.94. The van der Waals surface area contributed by atoms with E-state index in [9.17, 15) is 0 Å². The molecule has 3 heteroatoms. The average molecular weight is 189 g/mol. The normalized spacial score (nSPS) is 17.4. The zero-order valence-electron chi connectivity index (χ0n) is 7.01. The third kappa shape index (κ3) is 4.06. The summed E-state index contributed by atoms with van der Waals surface area (Å²) < 4.78 is 1.32. The van der Waals surface area contributed by atoms with Crippen LogP contribution in [0.3, 0.4) is 0 Å². The molecule has 1 aliphatic heterocycles. The number of hydrogen-bond acceptors (Lipinski definition) is 3. The SMILES string of the molecule is CCCCCN=C1SCCS1.